The van der Waals surface area contributed by atoms with Crippen LogP contribution < -0.4 is 20.5 Å². The molecule has 0 aromatic heterocycles. The van der Waals surface area contributed by atoms with Crippen LogP contribution in [0.2, 0.25) is 0 Å². The average Bonchev–Trinajstić information content (AvgIpc) is 2.46. The van der Waals surface area contributed by atoms with Crippen LogP contribution in [0.1, 0.15) is 5.56 Å². The van der Waals surface area contributed by atoms with Crippen LogP contribution in [0.4, 0.5) is 11.4 Å². The van der Waals surface area contributed by atoms with Crippen molar-refractivity contribution in [2.75, 3.05) is 24.8 Å². The number of halogens is 2. The number of aryl methyl sites for hydroxylation is 1. The van der Waals surface area contributed by atoms with E-state index in [2.05, 4.69) is 37.2 Å². The van der Waals surface area contributed by atoms with E-state index in [-0.39, 0.29) is 12.5 Å². The van der Waals surface area contributed by atoms with Crippen molar-refractivity contribution in [2.24, 2.45) is 0 Å². The number of benzene rings is 2. The molecule has 0 radical (unpaired) electrons. The summed E-state index contributed by atoms with van der Waals surface area (Å²) >= 11 is 6.83. The number of hydrogen-bond donors (Lipinski definition) is 2. The number of nitrogens with two attached hydrogens (primary N) is 1. The topological polar surface area (TPSA) is 73.6 Å². The van der Waals surface area contributed by atoms with Crippen molar-refractivity contribution in [3.63, 3.8) is 0 Å². The highest BCUT2D eigenvalue weighted by Gasteiger charge is 2.12. The fourth-order valence-corrected chi connectivity index (χ4v) is 3.57. The smallest absolute Gasteiger partial charge is 0.262 e. The molecule has 1 amide bonds. The van der Waals surface area contributed by atoms with Gasteiger partial charge in [-0.2, -0.15) is 0 Å². The van der Waals surface area contributed by atoms with E-state index < -0.39 is 0 Å². The van der Waals surface area contributed by atoms with Gasteiger partial charge in [0.1, 0.15) is 11.5 Å². The van der Waals surface area contributed by atoms with E-state index in [0.29, 0.717) is 22.9 Å². The van der Waals surface area contributed by atoms with Crippen molar-refractivity contribution in [1.29, 1.82) is 0 Å². The van der Waals surface area contributed by atoms with Gasteiger partial charge in [0.05, 0.1) is 17.3 Å². The minimum absolute atomic E-state index is 0.126. The first-order valence-electron chi connectivity index (χ1n) is 6.72. The zero-order valence-electron chi connectivity index (χ0n) is 12.7. The Kier molecular flexibility index (Phi) is 5.90. The molecule has 2 aromatic rings. The summed E-state index contributed by atoms with van der Waals surface area (Å²) in [6.07, 6.45) is 0. The fourth-order valence-electron chi connectivity index (χ4n) is 2.02. The lowest BCUT2D eigenvalue weighted by molar-refractivity contribution is -0.118. The van der Waals surface area contributed by atoms with Gasteiger partial charge in [-0.3, -0.25) is 4.79 Å². The summed E-state index contributed by atoms with van der Waals surface area (Å²) in [7, 11) is 1.53. The Hall–Kier alpha value is -1.73. The van der Waals surface area contributed by atoms with E-state index in [1.54, 1.807) is 18.2 Å². The van der Waals surface area contributed by atoms with E-state index in [9.17, 15) is 4.79 Å². The quantitative estimate of drug-likeness (QED) is 0.681. The van der Waals surface area contributed by atoms with Crippen molar-refractivity contribution in [3.05, 3.63) is 44.8 Å². The summed E-state index contributed by atoms with van der Waals surface area (Å²) in [6.45, 7) is 1.78. The molecule has 0 atom stereocenters. The summed E-state index contributed by atoms with van der Waals surface area (Å²) in [5.41, 5.74) is 7.69. The molecule has 2 rings (SSSR count). The zero-order valence-corrected chi connectivity index (χ0v) is 15.8. The summed E-state index contributed by atoms with van der Waals surface area (Å²) < 4.78 is 12.5. The second-order valence-corrected chi connectivity index (χ2v) is 6.60. The van der Waals surface area contributed by atoms with Gasteiger partial charge in [0.2, 0.25) is 0 Å². The molecule has 0 aliphatic carbocycles. The molecule has 0 bridgehead atoms. The van der Waals surface area contributed by atoms with Crippen LogP contribution in [0.15, 0.2) is 39.3 Å². The number of amides is 1. The van der Waals surface area contributed by atoms with Crippen molar-refractivity contribution in [2.45, 2.75) is 6.92 Å². The largest absolute Gasteiger partial charge is 0.495 e. The molecule has 0 aliphatic rings. The predicted octanol–water partition coefficient (Wildman–Crippen LogP) is 4.13. The van der Waals surface area contributed by atoms with Crippen molar-refractivity contribution < 1.29 is 14.3 Å². The van der Waals surface area contributed by atoms with Crippen LogP contribution in [0, 0.1) is 6.92 Å². The molecule has 5 nitrogen and oxygen atoms in total. The number of carbonyl (C=O) groups is 1. The second kappa shape index (κ2) is 7.70. The average molecular weight is 444 g/mol. The standard InChI is InChI=1S/C16H16Br2N2O3/c1-9-5-10(17)6-12(18)16(9)23-8-15(21)20-13-7-11(19)3-4-14(13)22-2/h3-7H,8,19H2,1-2H3,(H,20,21). The summed E-state index contributed by atoms with van der Waals surface area (Å²) in [4.78, 5) is 12.1. The Bertz CT molecular complexity index is 712. The first-order chi connectivity index (χ1) is 10.9. The molecule has 23 heavy (non-hydrogen) atoms. The third-order valence-electron chi connectivity index (χ3n) is 3.04. The highest BCUT2D eigenvalue weighted by molar-refractivity contribution is 9.11. The summed E-state index contributed by atoms with van der Waals surface area (Å²) in [6, 6.07) is 8.81. The number of anilines is 2. The molecule has 7 heteroatoms. The van der Waals surface area contributed by atoms with Crippen LogP contribution in [0.5, 0.6) is 11.5 Å². The number of nitrogens with one attached hydrogen (secondary N) is 1. The Balaban J connectivity index is 2.05. The molecule has 122 valence electrons. The van der Waals surface area contributed by atoms with Gasteiger partial charge in [0.25, 0.3) is 5.91 Å². The summed E-state index contributed by atoms with van der Waals surface area (Å²) in [5, 5.41) is 2.73. The van der Waals surface area contributed by atoms with E-state index in [4.69, 9.17) is 15.2 Å². The van der Waals surface area contributed by atoms with Crippen LogP contribution in [-0.4, -0.2) is 19.6 Å². The third kappa shape index (κ3) is 4.62. The number of methoxy groups -OCH3 is 1. The first-order valence-corrected chi connectivity index (χ1v) is 8.31. The maximum atomic E-state index is 12.1. The number of rotatable bonds is 5. The van der Waals surface area contributed by atoms with Gasteiger partial charge < -0.3 is 20.5 Å². The van der Waals surface area contributed by atoms with Crippen LogP contribution in [-0.2, 0) is 4.79 Å². The zero-order chi connectivity index (χ0) is 17.0. The molecular weight excluding hydrogens is 428 g/mol. The van der Waals surface area contributed by atoms with Gasteiger partial charge in [-0.15, -0.1) is 0 Å². The molecular formula is C16H16Br2N2O3. The monoisotopic (exact) mass is 442 g/mol. The highest BCUT2D eigenvalue weighted by atomic mass is 79.9. The van der Waals surface area contributed by atoms with Gasteiger partial charge in [-0.05, 0) is 58.7 Å². The lowest BCUT2D eigenvalue weighted by Gasteiger charge is -2.13. The van der Waals surface area contributed by atoms with Gasteiger partial charge in [-0.1, -0.05) is 15.9 Å². The minimum Gasteiger partial charge on any atom is -0.495 e. The van der Waals surface area contributed by atoms with Crippen molar-refractivity contribution in [1.82, 2.24) is 0 Å². The maximum Gasteiger partial charge on any atom is 0.262 e. The molecule has 0 spiro atoms. The van der Waals surface area contributed by atoms with E-state index >= 15 is 0 Å². The van der Waals surface area contributed by atoms with Crippen LogP contribution in [0.3, 0.4) is 0 Å². The lowest BCUT2D eigenvalue weighted by Crippen LogP contribution is -2.21. The van der Waals surface area contributed by atoms with Gasteiger partial charge in [0.15, 0.2) is 6.61 Å². The lowest BCUT2D eigenvalue weighted by atomic mass is 10.2. The molecule has 0 aliphatic heterocycles. The van der Waals surface area contributed by atoms with E-state index in [1.807, 2.05) is 19.1 Å². The first kappa shape index (κ1) is 17.6. The summed E-state index contributed by atoms with van der Waals surface area (Å²) in [5.74, 6) is 0.861. The van der Waals surface area contributed by atoms with E-state index in [1.165, 1.54) is 7.11 Å². The SMILES string of the molecule is COc1ccc(N)cc1NC(=O)COc1c(C)cc(Br)cc1Br. The number of hydrogen-bond acceptors (Lipinski definition) is 4. The van der Waals surface area contributed by atoms with Crippen LogP contribution in [0.25, 0.3) is 0 Å². The number of nitrogen functional groups attached to an aromatic ring is 1. The molecule has 3 N–H and O–H groups in total. The molecule has 0 heterocycles. The Morgan fingerprint density at radius 2 is 2.00 bits per heavy atom. The Labute approximate surface area is 151 Å². The third-order valence-corrected chi connectivity index (χ3v) is 4.09. The second-order valence-electron chi connectivity index (χ2n) is 4.83. The highest BCUT2D eigenvalue weighted by Crippen LogP contribution is 2.32. The van der Waals surface area contributed by atoms with E-state index in [0.717, 1.165) is 14.5 Å². The van der Waals surface area contributed by atoms with Crippen molar-refractivity contribution >= 4 is 49.1 Å². The molecule has 0 saturated carbocycles. The Morgan fingerprint density at radius 1 is 1.26 bits per heavy atom. The molecule has 2 aromatic carbocycles. The van der Waals surface area contributed by atoms with Gasteiger partial charge >= 0.3 is 0 Å². The maximum absolute atomic E-state index is 12.1. The Morgan fingerprint density at radius 3 is 2.65 bits per heavy atom. The van der Waals surface area contributed by atoms with Crippen molar-refractivity contribution in [3.8, 4) is 11.5 Å². The predicted molar refractivity (Wildman–Crippen MR) is 98.1 cm³/mol. The molecule has 0 fully saturated rings. The van der Waals surface area contributed by atoms with Gasteiger partial charge in [0, 0.05) is 10.2 Å². The normalized spacial score (nSPS) is 10.3. The fraction of sp³-hybridized carbons (Fsp3) is 0.188. The number of ether oxygens (including phenoxy) is 2. The number of carbonyl (C=O) groups excluding carboxylic acids is 1. The molecule has 0 saturated heterocycles. The minimum atomic E-state index is -0.303. The van der Waals surface area contributed by atoms with Gasteiger partial charge in [-0.25, -0.2) is 0 Å². The molecule has 0 unspecified atom stereocenters. The van der Waals surface area contributed by atoms with Crippen LogP contribution >= 0.6 is 31.9 Å².